The lowest BCUT2D eigenvalue weighted by molar-refractivity contribution is -0.130. The van der Waals surface area contributed by atoms with Gasteiger partial charge in [0.25, 0.3) is 0 Å². The molecule has 0 aliphatic carbocycles. The second-order valence-electron chi connectivity index (χ2n) is 5.98. The van der Waals surface area contributed by atoms with Crippen LogP contribution in [0.15, 0.2) is 0 Å². The first-order chi connectivity index (χ1) is 7.86. The van der Waals surface area contributed by atoms with Gasteiger partial charge in [-0.3, -0.25) is 9.69 Å². The maximum atomic E-state index is 12.1. The third kappa shape index (κ3) is 3.80. The smallest absolute Gasteiger partial charge is 0.237 e. The van der Waals surface area contributed by atoms with E-state index in [9.17, 15) is 9.59 Å². The van der Waals surface area contributed by atoms with E-state index in [0.717, 1.165) is 32.1 Å². The fraction of sp³-hybridized carbons (Fsp3) is 0.846. The van der Waals surface area contributed by atoms with E-state index in [1.807, 2.05) is 27.8 Å². The van der Waals surface area contributed by atoms with Crippen LogP contribution in [0, 0.1) is 5.41 Å². The van der Waals surface area contributed by atoms with Crippen LogP contribution < -0.4 is 5.32 Å². The van der Waals surface area contributed by atoms with Crippen molar-refractivity contribution in [1.29, 1.82) is 0 Å². The first-order valence-electron chi connectivity index (χ1n) is 6.32. The second-order valence-corrected chi connectivity index (χ2v) is 5.98. The Morgan fingerprint density at radius 2 is 2.06 bits per heavy atom. The Bertz CT molecular complexity index is 284. The number of carbonyl (C=O) groups excluding carboxylic acids is 2. The predicted molar refractivity (Wildman–Crippen MR) is 67.7 cm³/mol. The lowest BCUT2D eigenvalue weighted by Crippen LogP contribution is -2.53. The normalized spacial score (nSPS) is 24.1. The summed E-state index contributed by atoms with van der Waals surface area (Å²) in [6.07, 6.45) is 3.96. The molecule has 98 valence electrons. The molecule has 4 heteroatoms. The summed E-state index contributed by atoms with van der Waals surface area (Å²) in [5.74, 6) is -0.0146. The van der Waals surface area contributed by atoms with Gasteiger partial charge in [0.1, 0.15) is 6.29 Å². The molecule has 0 aromatic rings. The van der Waals surface area contributed by atoms with Gasteiger partial charge in [0, 0.05) is 0 Å². The van der Waals surface area contributed by atoms with Gasteiger partial charge in [0.05, 0.1) is 12.1 Å². The van der Waals surface area contributed by atoms with Gasteiger partial charge in [-0.2, -0.15) is 0 Å². The molecule has 1 heterocycles. The van der Waals surface area contributed by atoms with Crippen LogP contribution in [-0.4, -0.2) is 42.8 Å². The zero-order chi connectivity index (χ0) is 13.1. The van der Waals surface area contributed by atoms with Gasteiger partial charge >= 0.3 is 0 Å². The van der Waals surface area contributed by atoms with Crippen molar-refractivity contribution in [1.82, 2.24) is 10.2 Å². The summed E-state index contributed by atoms with van der Waals surface area (Å²) in [7, 11) is 1.97. The lowest BCUT2D eigenvalue weighted by atomic mass is 9.87. The molecule has 0 aromatic heterocycles. The standard InChI is InChI=1S/C13H24N2O2/c1-13(2,3)11(9-16)14-12(17)10-7-5-6-8-15(10)4/h9-11H,5-8H2,1-4H3,(H,14,17). The van der Waals surface area contributed by atoms with Gasteiger partial charge in [0.2, 0.25) is 5.91 Å². The molecule has 17 heavy (non-hydrogen) atoms. The van der Waals surface area contributed by atoms with Crippen molar-refractivity contribution in [2.24, 2.45) is 5.41 Å². The number of aldehydes is 1. The van der Waals surface area contributed by atoms with Crippen LogP contribution in [0.1, 0.15) is 40.0 Å². The molecule has 1 aliphatic rings. The minimum absolute atomic E-state index is 0.0146. The molecule has 1 aliphatic heterocycles. The number of nitrogens with one attached hydrogen (secondary N) is 1. The zero-order valence-corrected chi connectivity index (χ0v) is 11.3. The van der Waals surface area contributed by atoms with E-state index in [1.165, 1.54) is 0 Å². The average molecular weight is 240 g/mol. The Morgan fingerprint density at radius 1 is 1.41 bits per heavy atom. The number of rotatable bonds is 3. The molecule has 1 N–H and O–H groups in total. The summed E-state index contributed by atoms with van der Waals surface area (Å²) >= 11 is 0. The van der Waals surface area contributed by atoms with Crippen LogP contribution in [-0.2, 0) is 9.59 Å². The highest BCUT2D eigenvalue weighted by atomic mass is 16.2. The van der Waals surface area contributed by atoms with Gasteiger partial charge in [0.15, 0.2) is 0 Å². The van der Waals surface area contributed by atoms with E-state index in [0.29, 0.717) is 0 Å². The Hall–Kier alpha value is -0.900. The number of piperidine rings is 1. The van der Waals surface area contributed by atoms with Crippen molar-refractivity contribution in [2.45, 2.75) is 52.1 Å². The van der Waals surface area contributed by atoms with E-state index >= 15 is 0 Å². The molecule has 1 fully saturated rings. The molecule has 2 unspecified atom stereocenters. The molecule has 0 aromatic carbocycles. The maximum absolute atomic E-state index is 12.1. The molecule has 0 bridgehead atoms. The van der Waals surface area contributed by atoms with E-state index in [-0.39, 0.29) is 17.4 Å². The molecule has 1 rings (SSSR count). The quantitative estimate of drug-likeness (QED) is 0.754. The highest BCUT2D eigenvalue weighted by Gasteiger charge is 2.31. The minimum Gasteiger partial charge on any atom is -0.345 e. The van der Waals surface area contributed by atoms with Gasteiger partial charge in [-0.25, -0.2) is 0 Å². The Kier molecular flexibility index (Phi) is 4.69. The lowest BCUT2D eigenvalue weighted by Gasteiger charge is -2.34. The molecule has 4 nitrogen and oxygen atoms in total. The maximum Gasteiger partial charge on any atom is 0.237 e. The minimum atomic E-state index is -0.412. The highest BCUT2D eigenvalue weighted by Crippen LogP contribution is 2.19. The number of hydrogen-bond donors (Lipinski definition) is 1. The van der Waals surface area contributed by atoms with Gasteiger partial charge in [-0.1, -0.05) is 27.2 Å². The Balaban J connectivity index is 2.61. The van der Waals surface area contributed by atoms with Crippen LogP contribution in [0.5, 0.6) is 0 Å². The Morgan fingerprint density at radius 3 is 2.53 bits per heavy atom. The fourth-order valence-electron chi connectivity index (χ4n) is 2.11. The summed E-state index contributed by atoms with van der Waals surface area (Å²) in [6.45, 7) is 6.82. The van der Waals surface area contributed by atoms with Crippen molar-refractivity contribution in [2.75, 3.05) is 13.6 Å². The number of nitrogens with zero attached hydrogens (tertiary/aromatic N) is 1. The fourth-order valence-corrected chi connectivity index (χ4v) is 2.11. The van der Waals surface area contributed by atoms with E-state index < -0.39 is 6.04 Å². The predicted octanol–water partition coefficient (Wildman–Crippen LogP) is 1.20. The van der Waals surface area contributed by atoms with Gasteiger partial charge in [-0.15, -0.1) is 0 Å². The number of amides is 1. The summed E-state index contributed by atoms with van der Waals surface area (Å²) in [4.78, 5) is 25.2. The van der Waals surface area contributed by atoms with E-state index in [4.69, 9.17) is 0 Å². The number of likely N-dealkylation sites (tertiary alicyclic amines) is 1. The second kappa shape index (κ2) is 5.63. The molecule has 1 amide bonds. The summed E-state index contributed by atoms with van der Waals surface area (Å²) < 4.78 is 0. The average Bonchev–Trinajstić information content (AvgIpc) is 2.24. The molecule has 2 atom stereocenters. The molecule has 0 radical (unpaired) electrons. The van der Waals surface area contributed by atoms with Crippen LogP contribution in [0.3, 0.4) is 0 Å². The molecule has 0 saturated carbocycles. The monoisotopic (exact) mass is 240 g/mol. The van der Waals surface area contributed by atoms with Crippen LogP contribution >= 0.6 is 0 Å². The molecular weight excluding hydrogens is 216 g/mol. The van der Waals surface area contributed by atoms with Gasteiger partial charge < -0.3 is 10.1 Å². The van der Waals surface area contributed by atoms with Crippen molar-refractivity contribution in [3.05, 3.63) is 0 Å². The summed E-state index contributed by atoms with van der Waals surface area (Å²) in [5.41, 5.74) is -0.231. The van der Waals surface area contributed by atoms with Gasteiger partial charge in [-0.05, 0) is 31.8 Å². The summed E-state index contributed by atoms with van der Waals surface area (Å²) in [5, 5.41) is 2.86. The largest absolute Gasteiger partial charge is 0.345 e. The van der Waals surface area contributed by atoms with Crippen molar-refractivity contribution in [3.8, 4) is 0 Å². The number of likely N-dealkylation sites (N-methyl/N-ethyl adjacent to an activating group) is 1. The van der Waals surface area contributed by atoms with E-state index in [2.05, 4.69) is 10.2 Å². The zero-order valence-electron chi connectivity index (χ0n) is 11.3. The number of carbonyl (C=O) groups is 2. The first-order valence-corrected chi connectivity index (χ1v) is 6.32. The SMILES string of the molecule is CN1CCCCC1C(=O)NC(C=O)C(C)(C)C. The first kappa shape index (κ1) is 14.2. The van der Waals surface area contributed by atoms with Crippen LogP contribution in [0.4, 0.5) is 0 Å². The number of hydrogen-bond acceptors (Lipinski definition) is 3. The third-order valence-electron chi connectivity index (χ3n) is 3.44. The van der Waals surface area contributed by atoms with Crippen LogP contribution in [0.25, 0.3) is 0 Å². The summed E-state index contributed by atoms with van der Waals surface area (Å²) in [6, 6.07) is -0.487. The Labute approximate surface area is 104 Å². The van der Waals surface area contributed by atoms with Crippen molar-refractivity contribution >= 4 is 12.2 Å². The molecular formula is C13H24N2O2. The van der Waals surface area contributed by atoms with E-state index in [1.54, 1.807) is 0 Å². The van der Waals surface area contributed by atoms with Crippen LogP contribution in [0.2, 0.25) is 0 Å². The third-order valence-corrected chi connectivity index (χ3v) is 3.44. The molecule has 0 spiro atoms. The topological polar surface area (TPSA) is 49.4 Å². The highest BCUT2D eigenvalue weighted by molar-refractivity contribution is 5.84. The molecule has 1 saturated heterocycles. The van der Waals surface area contributed by atoms with Crippen molar-refractivity contribution in [3.63, 3.8) is 0 Å². The van der Waals surface area contributed by atoms with Crippen molar-refractivity contribution < 1.29 is 9.59 Å².